The molecule has 0 aromatic heterocycles. The van der Waals surface area contributed by atoms with Crippen molar-refractivity contribution in [1.82, 2.24) is 0 Å². The third-order valence-corrected chi connectivity index (χ3v) is 3.42. The molecule has 0 spiro atoms. The van der Waals surface area contributed by atoms with Crippen LogP contribution in [0.3, 0.4) is 0 Å². The molecule has 0 aliphatic carbocycles. The van der Waals surface area contributed by atoms with Gasteiger partial charge in [-0.3, -0.25) is 4.79 Å². The van der Waals surface area contributed by atoms with Crippen LogP contribution in [0.2, 0.25) is 0 Å². The average molecular weight is 338 g/mol. The number of allylic oxidation sites excluding steroid dienone is 1. The van der Waals surface area contributed by atoms with E-state index < -0.39 is 0 Å². The molecule has 0 unspecified atom stereocenters. The lowest BCUT2D eigenvalue weighted by molar-refractivity contribution is 0.104. The molecule has 0 radical (unpaired) electrons. The summed E-state index contributed by atoms with van der Waals surface area (Å²) in [4.78, 5) is 12.3. The second-order valence-electron chi connectivity index (χ2n) is 5.16. The van der Waals surface area contributed by atoms with Crippen LogP contribution in [-0.4, -0.2) is 26.1 Å². The number of ketones is 1. The van der Waals surface area contributed by atoms with E-state index in [4.69, 9.17) is 14.2 Å². The van der Waals surface area contributed by atoms with Crippen LogP contribution in [0.5, 0.6) is 17.2 Å². The summed E-state index contributed by atoms with van der Waals surface area (Å²) < 4.78 is 16.2. The highest BCUT2D eigenvalue weighted by atomic mass is 16.5. The Morgan fingerprint density at radius 3 is 2.48 bits per heavy atom. The Bertz CT molecular complexity index is 745. The van der Waals surface area contributed by atoms with Crippen molar-refractivity contribution in [2.45, 2.75) is 6.92 Å². The number of hydrogen-bond donors (Lipinski definition) is 0. The van der Waals surface area contributed by atoms with Crippen LogP contribution >= 0.6 is 0 Å². The van der Waals surface area contributed by atoms with Crippen LogP contribution in [0.1, 0.15) is 22.8 Å². The number of carbonyl (C=O) groups is 1. The summed E-state index contributed by atoms with van der Waals surface area (Å²) in [5.74, 6) is 1.92. The second kappa shape index (κ2) is 9.33. The molecule has 0 N–H and O–H groups in total. The van der Waals surface area contributed by atoms with Crippen LogP contribution in [0, 0.1) is 0 Å². The molecule has 0 saturated heterocycles. The second-order valence-corrected chi connectivity index (χ2v) is 5.16. The number of benzene rings is 2. The third-order valence-electron chi connectivity index (χ3n) is 3.42. The Balaban J connectivity index is 2.09. The van der Waals surface area contributed by atoms with Gasteiger partial charge in [0.2, 0.25) is 0 Å². The fraction of sp³-hybridized carbons (Fsp3) is 0.190. The van der Waals surface area contributed by atoms with E-state index in [0.717, 1.165) is 11.3 Å². The molecule has 0 fully saturated rings. The predicted molar refractivity (Wildman–Crippen MR) is 99.7 cm³/mol. The van der Waals surface area contributed by atoms with Gasteiger partial charge in [0.1, 0.15) is 12.4 Å². The summed E-state index contributed by atoms with van der Waals surface area (Å²) in [6.07, 6.45) is 4.95. The van der Waals surface area contributed by atoms with Crippen LogP contribution in [0.4, 0.5) is 0 Å². The zero-order valence-corrected chi connectivity index (χ0v) is 14.5. The smallest absolute Gasteiger partial charge is 0.185 e. The summed E-state index contributed by atoms with van der Waals surface area (Å²) in [5.41, 5.74) is 1.46. The fourth-order valence-corrected chi connectivity index (χ4v) is 2.21. The maximum atomic E-state index is 12.3. The van der Waals surface area contributed by atoms with Crippen molar-refractivity contribution in [3.63, 3.8) is 0 Å². The van der Waals surface area contributed by atoms with E-state index in [1.54, 1.807) is 43.5 Å². The van der Waals surface area contributed by atoms with Crippen molar-refractivity contribution in [1.29, 1.82) is 0 Å². The Labute approximate surface area is 148 Å². The molecule has 2 rings (SSSR count). The van der Waals surface area contributed by atoms with Gasteiger partial charge in [-0.2, -0.15) is 0 Å². The lowest BCUT2D eigenvalue weighted by atomic mass is 10.1. The molecule has 0 aliphatic heterocycles. The minimum Gasteiger partial charge on any atom is -0.494 e. The molecule has 25 heavy (non-hydrogen) atoms. The Kier molecular flexibility index (Phi) is 6.84. The van der Waals surface area contributed by atoms with Crippen molar-refractivity contribution in [3.05, 3.63) is 72.3 Å². The fourth-order valence-electron chi connectivity index (χ4n) is 2.21. The number of hydrogen-bond acceptors (Lipinski definition) is 4. The van der Waals surface area contributed by atoms with Crippen molar-refractivity contribution < 1.29 is 19.0 Å². The molecule has 2 aromatic carbocycles. The van der Waals surface area contributed by atoms with E-state index in [2.05, 4.69) is 6.58 Å². The molecular formula is C21H22O4. The van der Waals surface area contributed by atoms with Gasteiger partial charge in [-0.25, -0.2) is 0 Å². The van der Waals surface area contributed by atoms with Crippen LogP contribution in [-0.2, 0) is 0 Å². The molecule has 2 aromatic rings. The van der Waals surface area contributed by atoms with E-state index in [0.29, 0.717) is 30.3 Å². The number of carbonyl (C=O) groups excluding carboxylic acids is 1. The summed E-state index contributed by atoms with van der Waals surface area (Å²) in [5, 5.41) is 0. The topological polar surface area (TPSA) is 44.8 Å². The first kappa shape index (κ1) is 18.3. The Hall–Kier alpha value is -3.01. The van der Waals surface area contributed by atoms with Crippen molar-refractivity contribution in [2.24, 2.45) is 0 Å². The maximum Gasteiger partial charge on any atom is 0.185 e. The van der Waals surface area contributed by atoms with Gasteiger partial charge in [0, 0.05) is 5.56 Å². The summed E-state index contributed by atoms with van der Waals surface area (Å²) >= 11 is 0. The van der Waals surface area contributed by atoms with E-state index >= 15 is 0 Å². The first-order valence-corrected chi connectivity index (χ1v) is 8.05. The highest BCUT2D eigenvalue weighted by molar-refractivity contribution is 6.06. The predicted octanol–water partition coefficient (Wildman–Crippen LogP) is 4.55. The van der Waals surface area contributed by atoms with E-state index in [1.807, 2.05) is 25.1 Å². The largest absolute Gasteiger partial charge is 0.494 e. The van der Waals surface area contributed by atoms with Crippen molar-refractivity contribution in [3.8, 4) is 17.2 Å². The van der Waals surface area contributed by atoms with Gasteiger partial charge in [0.05, 0.1) is 13.7 Å². The molecule has 0 atom stereocenters. The standard InChI is InChI=1S/C21H22O4/c1-4-14-25-20-13-7-16(15-21(20)23-3)6-12-19(22)17-8-10-18(11-9-17)24-5-2/h4,6-13,15H,1,5,14H2,2-3H3/b12-6+. The molecule has 0 amide bonds. The maximum absolute atomic E-state index is 12.3. The monoisotopic (exact) mass is 338 g/mol. The minimum atomic E-state index is -0.0750. The van der Waals surface area contributed by atoms with Crippen LogP contribution in [0.25, 0.3) is 6.08 Å². The molecule has 4 heteroatoms. The van der Waals surface area contributed by atoms with Crippen LogP contribution in [0.15, 0.2) is 61.2 Å². The highest BCUT2D eigenvalue weighted by Crippen LogP contribution is 2.28. The van der Waals surface area contributed by atoms with Crippen molar-refractivity contribution >= 4 is 11.9 Å². The summed E-state index contributed by atoms with van der Waals surface area (Å²) in [6.45, 7) is 6.54. The lowest BCUT2D eigenvalue weighted by Crippen LogP contribution is -1.97. The quantitative estimate of drug-likeness (QED) is 0.382. The molecular weight excluding hydrogens is 316 g/mol. The van der Waals surface area contributed by atoms with Gasteiger partial charge < -0.3 is 14.2 Å². The molecule has 0 saturated carbocycles. The molecule has 4 nitrogen and oxygen atoms in total. The van der Waals surface area contributed by atoms with E-state index in [9.17, 15) is 4.79 Å². The number of ether oxygens (including phenoxy) is 3. The van der Waals surface area contributed by atoms with E-state index in [1.165, 1.54) is 6.08 Å². The molecule has 130 valence electrons. The summed E-state index contributed by atoms with van der Waals surface area (Å²) in [6, 6.07) is 12.6. The van der Waals surface area contributed by atoms with Gasteiger partial charge in [-0.05, 0) is 55.0 Å². The minimum absolute atomic E-state index is 0.0750. The first-order valence-electron chi connectivity index (χ1n) is 8.05. The van der Waals surface area contributed by atoms with Gasteiger partial charge in [0.15, 0.2) is 17.3 Å². The Morgan fingerprint density at radius 2 is 1.84 bits per heavy atom. The zero-order chi connectivity index (χ0) is 18.1. The SMILES string of the molecule is C=CCOc1ccc(/C=C/C(=O)c2ccc(OCC)cc2)cc1OC. The van der Waals surface area contributed by atoms with Gasteiger partial charge in [0.25, 0.3) is 0 Å². The average Bonchev–Trinajstić information content (AvgIpc) is 2.65. The van der Waals surface area contributed by atoms with E-state index in [-0.39, 0.29) is 5.78 Å². The summed E-state index contributed by atoms with van der Waals surface area (Å²) in [7, 11) is 1.58. The molecule has 0 aliphatic rings. The first-order chi connectivity index (χ1) is 12.2. The molecule has 0 heterocycles. The number of rotatable bonds is 9. The zero-order valence-electron chi connectivity index (χ0n) is 14.5. The van der Waals surface area contributed by atoms with Gasteiger partial charge in [-0.1, -0.05) is 24.8 Å². The molecule has 0 bridgehead atoms. The normalized spacial score (nSPS) is 10.5. The Morgan fingerprint density at radius 1 is 1.08 bits per heavy atom. The lowest BCUT2D eigenvalue weighted by Gasteiger charge is -2.09. The van der Waals surface area contributed by atoms with Crippen LogP contribution < -0.4 is 14.2 Å². The van der Waals surface area contributed by atoms with Gasteiger partial charge in [-0.15, -0.1) is 0 Å². The van der Waals surface area contributed by atoms with Crippen molar-refractivity contribution in [2.75, 3.05) is 20.3 Å². The third kappa shape index (κ3) is 5.24. The van der Waals surface area contributed by atoms with Gasteiger partial charge >= 0.3 is 0 Å². The highest BCUT2D eigenvalue weighted by Gasteiger charge is 2.05. The number of methoxy groups -OCH3 is 1.